The molecule has 2 N–H and O–H groups in total. The van der Waals surface area contributed by atoms with Crippen LogP contribution in [-0.2, 0) is 11.3 Å². The summed E-state index contributed by atoms with van der Waals surface area (Å²) in [6.45, 7) is 2.94. The maximum absolute atomic E-state index is 12.1. The minimum absolute atomic E-state index is 0.0768. The van der Waals surface area contributed by atoms with Gasteiger partial charge in [0.2, 0.25) is 5.91 Å². The van der Waals surface area contributed by atoms with Gasteiger partial charge in [-0.3, -0.25) is 9.78 Å². The van der Waals surface area contributed by atoms with Gasteiger partial charge in [0.05, 0.1) is 16.8 Å². The van der Waals surface area contributed by atoms with E-state index in [1.165, 1.54) is 10.3 Å². The van der Waals surface area contributed by atoms with Gasteiger partial charge in [-0.05, 0) is 60.5 Å². The van der Waals surface area contributed by atoms with Gasteiger partial charge in [-0.2, -0.15) is 0 Å². The molecular formula is C22H20N4OS. The van der Waals surface area contributed by atoms with Crippen molar-refractivity contribution in [2.45, 2.75) is 13.5 Å². The number of anilines is 1. The summed E-state index contributed by atoms with van der Waals surface area (Å²) in [6.07, 6.45) is 3.52. The van der Waals surface area contributed by atoms with E-state index in [0.29, 0.717) is 6.54 Å². The van der Waals surface area contributed by atoms with Crippen LogP contribution in [0.5, 0.6) is 0 Å². The number of hydrogen-bond donors (Lipinski definition) is 2. The van der Waals surface area contributed by atoms with Crippen LogP contribution in [0.15, 0.2) is 67.0 Å². The minimum atomic E-state index is -0.0768. The minimum Gasteiger partial charge on any atom is -0.325 e. The topological polar surface area (TPSA) is 66.9 Å². The standard InChI is InChI=1S/C22H20N4OS/c1-15-4-9-19-20(11-15)28-22(26-19)17-5-7-18(8-6-17)25-21(27)14-24-13-16-3-2-10-23-12-16/h2-12,24H,13-14H2,1H3,(H,25,27). The number of fused-ring (bicyclic) bond motifs is 1. The molecule has 6 heteroatoms. The lowest BCUT2D eigenvalue weighted by atomic mass is 10.2. The molecule has 140 valence electrons. The van der Waals surface area contributed by atoms with Gasteiger partial charge in [-0.1, -0.05) is 12.1 Å². The van der Waals surface area contributed by atoms with Gasteiger partial charge in [-0.25, -0.2) is 4.98 Å². The van der Waals surface area contributed by atoms with E-state index in [9.17, 15) is 4.79 Å². The second kappa shape index (κ2) is 8.29. The first kappa shape index (κ1) is 18.3. The van der Waals surface area contributed by atoms with Crippen LogP contribution >= 0.6 is 11.3 Å². The van der Waals surface area contributed by atoms with E-state index in [0.717, 1.165) is 27.3 Å². The molecule has 0 aliphatic heterocycles. The molecule has 2 aromatic carbocycles. The Balaban J connectivity index is 1.35. The van der Waals surface area contributed by atoms with Crippen molar-refractivity contribution in [2.24, 2.45) is 0 Å². The molecule has 0 saturated carbocycles. The maximum Gasteiger partial charge on any atom is 0.238 e. The van der Waals surface area contributed by atoms with Crippen LogP contribution in [-0.4, -0.2) is 22.4 Å². The maximum atomic E-state index is 12.1. The highest BCUT2D eigenvalue weighted by atomic mass is 32.1. The fraction of sp³-hybridized carbons (Fsp3) is 0.136. The molecule has 0 fully saturated rings. The molecule has 0 aliphatic carbocycles. The van der Waals surface area contributed by atoms with E-state index in [1.807, 2.05) is 36.4 Å². The summed E-state index contributed by atoms with van der Waals surface area (Å²) in [5.74, 6) is -0.0768. The van der Waals surface area contributed by atoms with Crippen LogP contribution < -0.4 is 10.6 Å². The fourth-order valence-electron chi connectivity index (χ4n) is 2.88. The molecular weight excluding hydrogens is 368 g/mol. The number of thiazole rings is 1. The van der Waals surface area contributed by atoms with Crippen molar-refractivity contribution in [3.05, 3.63) is 78.1 Å². The third-order valence-electron chi connectivity index (χ3n) is 4.30. The Morgan fingerprint density at radius 1 is 1.11 bits per heavy atom. The quantitative estimate of drug-likeness (QED) is 0.514. The van der Waals surface area contributed by atoms with E-state index in [1.54, 1.807) is 23.7 Å². The molecule has 0 saturated heterocycles. The van der Waals surface area contributed by atoms with E-state index >= 15 is 0 Å². The number of benzene rings is 2. The Morgan fingerprint density at radius 2 is 1.96 bits per heavy atom. The number of aromatic nitrogens is 2. The van der Waals surface area contributed by atoms with Crippen molar-refractivity contribution in [2.75, 3.05) is 11.9 Å². The Bertz CT molecular complexity index is 1090. The monoisotopic (exact) mass is 388 g/mol. The smallest absolute Gasteiger partial charge is 0.238 e. The third-order valence-corrected chi connectivity index (χ3v) is 5.36. The molecule has 2 heterocycles. The first-order chi connectivity index (χ1) is 13.7. The summed E-state index contributed by atoms with van der Waals surface area (Å²) < 4.78 is 1.19. The average molecular weight is 388 g/mol. The van der Waals surface area contributed by atoms with Gasteiger partial charge in [0, 0.05) is 30.2 Å². The van der Waals surface area contributed by atoms with E-state index in [2.05, 4.69) is 40.7 Å². The van der Waals surface area contributed by atoms with Crippen molar-refractivity contribution in [3.8, 4) is 10.6 Å². The van der Waals surface area contributed by atoms with E-state index in [-0.39, 0.29) is 12.5 Å². The Labute approximate surface area is 167 Å². The Hall–Kier alpha value is -3.09. The summed E-state index contributed by atoms with van der Waals surface area (Å²) in [6, 6.07) is 17.9. The normalized spacial score (nSPS) is 10.9. The summed E-state index contributed by atoms with van der Waals surface area (Å²) in [5.41, 5.74) is 5.12. The number of nitrogens with zero attached hydrogens (tertiary/aromatic N) is 2. The number of amides is 1. The Morgan fingerprint density at radius 3 is 2.75 bits per heavy atom. The molecule has 4 rings (SSSR count). The molecule has 0 aliphatic rings. The zero-order valence-electron chi connectivity index (χ0n) is 15.5. The summed E-state index contributed by atoms with van der Waals surface area (Å²) in [5, 5.41) is 7.01. The van der Waals surface area contributed by atoms with Crippen molar-refractivity contribution in [1.82, 2.24) is 15.3 Å². The van der Waals surface area contributed by atoms with Crippen LogP contribution in [0.3, 0.4) is 0 Å². The number of rotatable bonds is 6. The molecule has 0 spiro atoms. The molecule has 0 radical (unpaired) electrons. The van der Waals surface area contributed by atoms with E-state index < -0.39 is 0 Å². The number of aryl methyl sites for hydroxylation is 1. The van der Waals surface area contributed by atoms with Crippen molar-refractivity contribution in [3.63, 3.8) is 0 Å². The number of pyridine rings is 1. The van der Waals surface area contributed by atoms with Gasteiger partial charge in [0.1, 0.15) is 5.01 Å². The lowest BCUT2D eigenvalue weighted by Gasteiger charge is -2.07. The highest BCUT2D eigenvalue weighted by molar-refractivity contribution is 7.21. The lowest BCUT2D eigenvalue weighted by molar-refractivity contribution is -0.115. The van der Waals surface area contributed by atoms with Gasteiger partial charge in [0.15, 0.2) is 0 Å². The van der Waals surface area contributed by atoms with Crippen LogP contribution in [0, 0.1) is 6.92 Å². The highest BCUT2D eigenvalue weighted by Gasteiger charge is 2.07. The van der Waals surface area contributed by atoms with Gasteiger partial charge < -0.3 is 10.6 Å². The predicted molar refractivity (Wildman–Crippen MR) is 114 cm³/mol. The molecule has 0 unspecified atom stereocenters. The highest BCUT2D eigenvalue weighted by Crippen LogP contribution is 2.31. The molecule has 0 bridgehead atoms. The van der Waals surface area contributed by atoms with Crippen LogP contribution in [0.1, 0.15) is 11.1 Å². The van der Waals surface area contributed by atoms with Crippen LogP contribution in [0.4, 0.5) is 5.69 Å². The number of carbonyl (C=O) groups is 1. The van der Waals surface area contributed by atoms with Crippen molar-refractivity contribution >= 4 is 33.1 Å². The first-order valence-electron chi connectivity index (χ1n) is 9.04. The molecule has 28 heavy (non-hydrogen) atoms. The predicted octanol–water partition coefficient (Wildman–Crippen LogP) is 4.40. The average Bonchev–Trinajstić information content (AvgIpc) is 3.12. The zero-order chi connectivity index (χ0) is 19.3. The number of hydrogen-bond acceptors (Lipinski definition) is 5. The number of carbonyl (C=O) groups excluding carboxylic acids is 1. The van der Waals surface area contributed by atoms with E-state index in [4.69, 9.17) is 4.98 Å². The summed E-state index contributed by atoms with van der Waals surface area (Å²) in [7, 11) is 0. The van der Waals surface area contributed by atoms with Gasteiger partial charge in [0.25, 0.3) is 0 Å². The Kier molecular flexibility index (Phi) is 5.41. The van der Waals surface area contributed by atoms with Crippen LogP contribution in [0.2, 0.25) is 0 Å². The fourth-order valence-corrected chi connectivity index (χ4v) is 3.95. The SMILES string of the molecule is Cc1ccc2nc(-c3ccc(NC(=O)CNCc4cccnc4)cc3)sc2c1. The second-order valence-corrected chi connectivity index (χ2v) is 7.61. The molecule has 2 aromatic heterocycles. The largest absolute Gasteiger partial charge is 0.325 e. The summed E-state index contributed by atoms with van der Waals surface area (Å²) >= 11 is 1.68. The first-order valence-corrected chi connectivity index (χ1v) is 9.86. The second-order valence-electron chi connectivity index (χ2n) is 6.58. The lowest BCUT2D eigenvalue weighted by Crippen LogP contribution is -2.27. The molecule has 1 amide bonds. The molecule has 4 aromatic rings. The number of nitrogens with one attached hydrogen (secondary N) is 2. The third kappa shape index (κ3) is 4.42. The molecule has 0 atom stereocenters. The van der Waals surface area contributed by atoms with Crippen LogP contribution in [0.25, 0.3) is 20.8 Å². The van der Waals surface area contributed by atoms with Crippen molar-refractivity contribution < 1.29 is 4.79 Å². The van der Waals surface area contributed by atoms with Gasteiger partial charge in [-0.15, -0.1) is 11.3 Å². The molecule has 5 nitrogen and oxygen atoms in total. The van der Waals surface area contributed by atoms with Gasteiger partial charge >= 0.3 is 0 Å². The summed E-state index contributed by atoms with van der Waals surface area (Å²) in [4.78, 5) is 20.9. The van der Waals surface area contributed by atoms with Crippen molar-refractivity contribution in [1.29, 1.82) is 0 Å². The zero-order valence-corrected chi connectivity index (χ0v) is 16.3.